The molecule has 2 aromatic carbocycles. The maximum atomic E-state index is 13.5. The molecular formula is C40H46N8O7. The number of ether oxygens (including phenoxy) is 2. The summed E-state index contributed by atoms with van der Waals surface area (Å²) in [5.74, 6) is 0.326. The summed E-state index contributed by atoms with van der Waals surface area (Å²) in [6.07, 6.45) is 5.42. The zero-order chi connectivity index (χ0) is 39.4. The Hall–Kier alpha value is -6.22. The number of aliphatic hydroxyl groups excluding tert-OH is 1. The molecule has 4 heterocycles. The lowest BCUT2D eigenvalue weighted by atomic mass is 10.0. The first-order valence-corrected chi connectivity index (χ1v) is 18.0. The molecule has 0 bridgehead atoms. The van der Waals surface area contributed by atoms with Gasteiger partial charge >= 0.3 is 12.2 Å². The van der Waals surface area contributed by atoms with E-state index < -0.39 is 42.5 Å². The smallest absolute Gasteiger partial charge is 0.407 e. The molecule has 0 saturated carbocycles. The van der Waals surface area contributed by atoms with Gasteiger partial charge in [0.2, 0.25) is 5.91 Å². The minimum Gasteiger partial charge on any atom is -0.453 e. The largest absolute Gasteiger partial charge is 0.453 e. The van der Waals surface area contributed by atoms with E-state index >= 15 is 0 Å². The van der Waals surface area contributed by atoms with Gasteiger partial charge in [-0.1, -0.05) is 81.1 Å². The minimum absolute atomic E-state index is 0.131. The van der Waals surface area contributed by atoms with Crippen molar-refractivity contribution in [3.05, 3.63) is 96.9 Å². The van der Waals surface area contributed by atoms with E-state index in [0.29, 0.717) is 30.2 Å². The Kier molecular flexibility index (Phi) is 11.5. The summed E-state index contributed by atoms with van der Waals surface area (Å²) in [5.41, 5.74) is 5.88. The Morgan fingerprint density at radius 3 is 1.89 bits per heavy atom. The number of carbonyl (C=O) groups excluding carboxylic acids is 4. The molecule has 2 aliphatic heterocycles. The number of methoxy groups -OCH3 is 2. The fourth-order valence-corrected chi connectivity index (χ4v) is 6.89. The highest BCUT2D eigenvalue weighted by Gasteiger charge is 2.41. The van der Waals surface area contributed by atoms with Crippen molar-refractivity contribution >= 4 is 24.0 Å². The molecule has 15 heteroatoms. The molecule has 5 N–H and O–H groups in total. The number of nitrogens with zero attached hydrogens (tertiary/aromatic N) is 4. The zero-order valence-corrected chi connectivity index (χ0v) is 31.4. The standard InChI is InChI=1S/C40H46N8O7/c1-22(2)33(45-39(52)54-5)37(50)47-17-7-8-31(47)35-41-19-29(43-35)26-13-9-24(10-14-26)25-11-15-27(16-12-25)30-20-42-36(44-30)32-18-28(49)21-48(32)38(51)34(23(3)4)46-40(53)55-6/h7-16,19-20,23,28,31-34,49H,1,17-18,21H2,2-6H3,(H,41,43)(H,42,44)(H,45,52)(H,46,53)/t28?,31-,32-,33-,34-/m0/s1. The predicted octanol–water partition coefficient (Wildman–Crippen LogP) is 4.89. The number of hydrogen-bond donors (Lipinski definition) is 5. The molecule has 0 radical (unpaired) electrons. The van der Waals surface area contributed by atoms with Crippen LogP contribution >= 0.6 is 0 Å². The normalized spacial score (nSPS) is 18.9. The van der Waals surface area contributed by atoms with Gasteiger partial charge < -0.3 is 45.0 Å². The van der Waals surface area contributed by atoms with Crippen molar-refractivity contribution in [1.29, 1.82) is 0 Å². The predicted molar refractivity (Wildman–Crippen MR) is 204 cm³/mol. The van der Waals surface area contributed by atoms with Gasteiger partial charge in [0.15, 0.2) is 0 Å². The number of rotatable bonds is 11. The van der Waals surface area contributed by atoms with Crippen LogP contribution in [-0.4, -0.2) is 104 Å². The number of aromatic nitrogens is 4. The number of aliphatic hydroxyl groups is 1. The lowest BCUT2D eigenvalue weighted by Crippen LogP contribution is -2.51. The second kappa shape index (κ2) is 16.4. The fourth-order valence-electron chi connectivity index (χ4n) is 6.89. The Bertz CT molecular complexity index is 2070. The Morgan fingerprint density at radius 1 is 0.818 bits per heavy atom. The van der Waals surface area contributed by atoms with E-state index in [1.54, 1.807) is 29.1 Å². The molecule has 6 rings (SSSR count). The quantitative estimate of drug-likeness (QED) is 0.133. The second-order valence-corrected chi connectivity index (χ2v) is 14.1. The summed E-state index contributed by atoms with van der Waals surface area (Å²) in [6.45, 7) is 9.71. The van der Waals surface area contributed by atoms with Crippen molar-refractivity contribution in [2.75, 3.05) is 27.3 Å². The third-order valence-electron chi connectivity index (χ3n) is 9.89. The third-order valence-corrected chi connectivity index (χ3v) is 9.89. The van der Waals surface area contributed by atoms with Crippen LogP contribution in [0.1, 0.15) is 50.9 Å². The number of benzene rings is 2. The van der Waals surface area contributed by atoms with Crippen LogP contribution in [0.25, 0.3) is 33.6 Å². The molecule has 5 atom stereocenters. The third kappa shape index (κ3) is 8.31. The van der Waals surface area contributed by atoms with E-state index in [-0.39, 0.29) is 24.3 Å². The number of aromatic amines is 2. The van der Waals surface area contributed by atoms with Crippen molar-refractivity contribution < 1.29 is 33.8 Å². The monoisotopic (exact) mass is 750 g/mol. The van der Waals surface area contributed by atoms with Crippen LogP contribution in [0.3, 0.4) is 0 Å². The van der Waals surface area contributed by atoms with Gasteiger partial charge in [0, 0.05) is 19.5 Å². The average molecular weight is 751 g/mol. The van der Waals surface area contributed by atoms with E-state index in [1.807, 2.05) is 74.5 Å². The number of H-pyrrole nitrogens is 2. The molecule has 2 aromatic heterocycles. The molecular weight excluding hydrogens is 704 g/mol. The molecule has 2 aliphatic rings. The number of β-amino-alcohol motifs (C(OH)–C–C–N with tert-alkyl or cyclic N) is 1. The van der Waals surface area contributed by atoms with Crippen LogP contribution in [0.4, 0.5) is 9.59 Å². The minimum atomic E-state index is -0.931. The molecule has 1 saturated heterocycles. The molecule has 15 nitrogen and oxygen atoms in total. The van der Waals surface area contributed by atoms with Crippen molar-refractivity contribution in [3.63, 3.8) is 0 Å². The van der Waals surface area contributed by atoms with E-state index in [9.17, 15) is 24.3 Å². The van der Waals surface area contributed by atoms with Gasteiger partial charge in [-0.25, -0.2) is 19.6 Å². The fraction of sp³-hybridized carbons (Fsp3) is 0.350. The number of alkyl carbamates (subject to hydrolysis) is 2. The lowest BCUT2D eigenvalue weighted by molar-refractivity contribution is -0.136. The molecule has 288 valence electrons. The number of carbonyl (C=O) groups is 4. The Labute approximate surface area is 318 Å². The first-order valence-electron chi connectivity index (χ1n) is 18.0. The average Bonchev–Trinajstić information content (AvgIpc) is 4.02. The number of imidazole rings is 2. The van der Waals surface area contributed by atoms with Gasteiger partial charge in [-0.2, -0.15) is 0 Å². The van der Waals surface area contributed by atoms with Crippen molar-refractivity contribution in [3.8, 4) is 33.6 Å². The summed E-state index contributed by atoms with van der Waals surface area (Å²) in [4.78, 5) is 69.8. The maximum Gasteiger partial charge on any atom is 0.407 e. The SMILES string of the molecule is C=C(C)[C@H](NC(=O)OC)C(=O)N1CC=C[C@H]1c1ncc(-c2ccc(-c3ccc(-c4cnc([C@@H]5CC(O)CN5C(=O)[C@@H](NC(=O)OC)C(C)C)[nH]4)cc3)cc2)[nH]1. The van der Waals surface area contributed by atoms with E-state index in [0.717, 1.165) is 33.6 Å². The lowest BCUT2D eigenvalue weighted by Gasteiger charge is -2.29. The highest BCUT2D eigenvalue weighted by Crippen LogP contribution is 2.34. The van der Waals surface area contributed by atoms with Gasteiger partial charge in [-0.15, -0.1) is 0 Å². The highest BCUT2D eigenvalue weighted by atomic mass is 16.5. The molecule has 1 fully saturated rings. The Morgan fingerprint density at radius 2 is 1.35 bits per heavy atom. The molecule has 0 aliphatic carbocycles. The topological polar surface area (TPSA) is 195 Å². The zero-order valence-electron chi connectivity index (χ0n) is 31.4. The summed E-state index contributed by atoms with van der Waals surface area (Å²) < 4.78 is 9.41. The molecule has 55 heavy (non-hydrogen) atoms. The number of likely N-dealkylation sites (tertiary alicyclic amines) is 1. The molecule has 1 unspecified atom stereocenters. The number of nitrogens with one attached hydrogen (secondary N) is 4. The van der Waals surface area contributed by atoms with E-state index in [4.69, 9.17) is 4.74 Å². The maximum absolute atomic E-state index is 13.5. The number of amides is 4. The van der Waals surface area contributed by atoms with Crippen molar-refractivity contribution in [1.82, 2.24) is 40.4 Å². The summed E-state index contributed by atoms with van der Waals surface area (Å²) in [6, 6.07) is 13.4. The molecule has 4 aromatic rings. The summed E-state index contributed by atoms with van der Waals surface area (Å²) in [5, 5.41) is 15.7. The van der Waals surface area contributed by atoms with Gasteiger partial charge in [0.25, 0.3) is 5.91 Å². The summed E-state index contributed by atoms with van der Waals surface area (Å²) >= 11 is 0. The summed E-state index contributed by atoms with van der Waals surface area (Å²) in [7, 11) is 2.49. The van der Waals surface area contributed by atoms with Crippen LogP contribution in [0, 0.1) is 5.92 Å². The van der Waals surface area contributed by atoms with Gasteiger partial charge in [0.05, 0.1) is 50.1 Å². The van der Waals surface area contributed by atoms with Crippen LogP contribution in [0.15, 0.2) is 85.2 Å². The van der Waals surface area contributed by atoms with Crippen LogP contribution in [0.5, 0.6) is 0 Å². The van der Waals surface area contributed by atoms with Gasteiger partial charge in [0.1, 0.15) is 29.8 Å². The van der Waals surface area contributed by atoms with Crippen LogP contribution in [0.2, 0.25) is 0 Å². The Balaban J connectivity index is 1.12. The van der Waals surface area contributed by atoms with Gasteiger partial charge in [-0.3, -0.25) is 9.59 Å². The van der Waals surface area contributed by atoms with Gasteiger partial charge in [-0.05, 0) is 40.7 Å². The second-order valence-electron chi connectivity index (χ2n) is 14.1. The molecule has 0 spiro atoms. The van der Waals surface area contributed by atoms with Crippen molar-refractivity contribution in [2.24, 2.45) is 5.92 Å². The van der Waals surface area contributed by atoms with Crippen LogP contribution in [-0.2, 0) is 19.1 Å². The molecule has 4 amide bonds. The number of hydrogen-bond acceptors (Lipinski definition) is 9. The van der Waals surface area contributed by atoms with E-state index in [1.165, 1.54) is 14.2 Å². The van der Waals surface area contributed by atoms with Crippen LogP contribution < -0.4 is 10.6 Å². The van der Waals surface area contributed by atoms with Crippen molar-refractivity contribution in [2.45, 2.75) is 57.5 Å². The highest BCUT2D eigenvalue weighted by molar-refractivity contribution is 5.89. The van der Waals surface area contributed by atoms with E-state index in [2.05, 4.69) is 41.9 Å². The first-order chi connectivity index (χ1) is 26.4. The first kappa shape index (κ1) is 38.5.